The molecule has 1 aliphatic carbocycles. The zero-order valence-corrected chi connectivity index (χ0v) is 12.3. The summed E-state index contributed by atoms with van der Waals surface area (Å²) in [6.45, 7) is 0. The molecule has 2 rings (SSSR count). The Hall–Kier alpha value is -0.490. The SMILES string of the molecule is CSC1CCCC1Nc1cnn(C)c(=O)c1Br. The minimum atomic E-state index is -0.103. The van der Waals surface area contributed by atoms with Crippen LogP contribution in [-0.2, 0) is 7.05 Å². The minimum absolute atomic E-state index is 0.103. The van der Waals surface area contributed by atoms with E-state index in [-0.39, 0.29) is 5.56 Å². The highest BCUT2D eigenvalue weighted by Gasteiger charge is 2.27. The van der Waals surface area contributed by atoms with Gasteiger partial charge in [-0.05, 0) is 35.0 Å². The van der Waals surface area contributed by atoms with Crippen LogP contribution in [0.15, 0.2) is 15.5 Å². The lowest BCUT2D eigenvalue weighted by Gasteiger charge is -2.20. The van der Waals surface area contributed by atoms with Crippen molar-refractivity contribution in [2.24, 2.45) is 7.05 Å². The third-order valence-corrected chi connectivity index (χ3v) is 5.11. The fourth-order valence-corrected chi connectivity index (χ4v) is 3.59. The summed E-state index contributed by atoms with van der Waals surface area (Å²) in [5.74, 6) is 0. The minimum Gasteiger partial charge on any atom is -0.379 e. The molecule has 1 saturated carbocycles. The second kappa shape index (κ2) is 5.44. The lowest BCUT2D eigenvalue weighted by atomic mass is 10.2. The molecule has 94 valence electrons. The fourth-order valence-electron chi connectivity index (χ4n) is 2.18. The normalized spacial score (nSPS) is 23.9. The summed E-state index contributed by atoms with van der Waals surface area (Å²) in [7, 11) is 1.65. The quantitative estimate of drug-likeness (QED) is 0.928. The highest BCUT2D eigenvalue weighted by Crippen LogP contribution is 2.31. The first-order valence-electron chi connectivity index (χ1n) is 5.64. The molecule has 1 heterocycles. The van der Waals surface area contributed by atoms with Crippen molar-refractivity contribution < 1.29 is 0 Å². The maximum Gasteiger partial charge on any atom is 0.282 e. The predicted molar refractivity (Wildman–Crippen MR) is 75.7 cm³/mol. The van der Waals surface area contributed by atoms with E-state index in [1.54, 1.807) is 13.2 Å². The smallest absolute Gasteiger partial charge is 0.282 e. The summed E-state index contributed by atoms with van der Waals surface area (Å²) in [5, 5.41) is 8.10. The molecule has 0 bridgehead atoms. The third-order valence-electron chi connectivity index (χ3n) is 3.17. The Morgan fingerprint density at radius 1 is 1.59 bits per heavy atom. The van der Waals surface area contributed by atoms with E-state index in [2.05, 4.69) is 32.6 Å². The van der Waals surface area contributed by atoms with Gasteiger partial charge in [0.05, 0.1) is 11.9 Å². The van der Waals surface area contributed by atoms with E-state index < -0.39 is 0 Å². The van der Waals surface area contributed by atoms with Crippen molar-refractivity contribution in [3.8, 4) is 0 Å². The Morgan fingerprint density at radius 2 is 2.35 bits per heavy atom. The van der Waals surface area contributed by atoms with Crippen molar-refractivity contribution >= 4 is 33.4 Å². The van der Waals surface area contributed by atoms with E-state index in [4.69, 9.17) is 0 Å². The number of anilines is 1. The Kier molecular flexibility index (Phi) is 4.14. The van der Waals surface area contributed by atoms with Crippen LogP contribution in [0.3, 0.4) is 0 Å². The third kappa shape index (κ3) is 2.68. The van der Waals surface area contributed by atoms with Crippen molar-refractivity contribution in [2.75, 3.05) is 11.6 Å². The largest absolute Gasteiger partial charge is 0.379 e. The van der Waals surface area contributed by atoms with Crippen LogP contribution in [-0.4, -0.2) is 27.3 Å². The van der Waals surface area contributed by atoms with Gasteiger partial charge in [-0.15, -0.1) is 0 Å². The number of thioether (sulfide) groups is 1. The number of nitrogens with zero attached hydrogens (tertiary/aromatic N) is 2. The molecule has 0 amide bonds. The van der Waals surface area contributed by atoms with Crippen LogP contribution < -0.4 is 10.9 Å². The highest BCUT2D eigenvalue weighted by atomic mass is 79.9. The van der Waals surface area contributed by atoms with Crippen LogP contribution in [0.4, 0.5) is 5.69 Å². The number of aryl methyl sites for hydroxylation is 1. The number of hydrogen-bond acceptors (Lipinski definition) is 4. The number of aromatic nitrogens is 2. The Bertz CT molecular complexity index is 463. The van der Waals surface area contributed by atoms with Gasteiger partial charge in [0.1, 0.15) is 4.47 Å². The van der Waals surface area contributed by atoms with Crippen LogP contribution in [0.5, 0.6) is 0 Å². The number of hydrogen-bond donors (Lipinski definition) is 1. The van der Waals surface area contributed by atoms with Gasteiger partial charge in [-0.2, -0.15) is 16.9 Å². The van der Waals surface area contributed by atoms with Gasteiger partial charge in [0.2, 0.25) is 0 Å². The Balaban J connectivity index is 2.19. The van der Waals surface area contributed by atoms with Gasteiger partial charge in [-0.25, -0.2) is 4.68 Å². The molecule has 1 aromatic rings. The molecule has 1 N–H and O–H groups in total. The standard InChI is InChI=1S/C11H16BrN3OS/c1-15-11(16)10(12)8(6-13-15)14-7-4-3-5-9(7)17-2/h6-7,9,14H,3-5H2,1-2H3. The van der Waals surface area contributed by atoms with Crippen LogP contribution >= 0.6 is 27.7 Å². The molecule has 2 atom stereocenters. The number of rotatable bonds is 3. The second-order valence-electron chi connectivity index (χ2n) is 4.26. The van der Waals surface area contributed by atoms with Crippen LogP contribution in [0.25, 0.3) is 0 Å². The summed E-state index contributed by atoms with van der Waals surface area (Å²) >= 11 is 5.23. The van der Waals surface area contributed by atoms with Gasteiger partial charge in [0.25, 0.3) is 5.56 Å². The molecule has 17 heavy (non-hydrogen) atoms. The van der Waals surface area contributed by atoms with Gasteiger partial charge in [-0.3, -0.25) is 4.79 Å². The first-order chi connectivity index (χ1) is 8.13. The lowest BCUT2D eigenvalue weighted by molar-refractivity contribution is 0.697. The molecular formula is C11H16BrN3OS. The van der Waals surface area contributed by atoms with Gasteiger partial charge >= 0.3 is 0 Å². The molecule has 0 saturated heterocycles. The average molecular weight is 318 g/mol. The van der Waals surface area contributed by atoms with Gasteiger partial charge in [0.15, 0.2) is 0 Å². The topological polar surface area (TPSA) is 46.9 Å². The first kappa shape index (κ1) is 13.0. The van der Waals surface area contributed by atoms with Crippen LogP contribution in [0, 0.1) is 0 Å². The van der Waals surface area contributed by atoms with Crippen molar-refractivity contribution in [2.45, 2.75) is 30.6 Å². The fraction of sp³-hybridized carbons (Fsp3) is 0.636. The summed E-state index contributed by atoms with van der Waals surface area (Å²) < 4.78 is 1.90. The van der Waals surface area contributed by atoms with Crippen LogP contribution in [0.1, 0.15) is 19.3 Å². The Labute approximate surface area is 113 Å². The zero-order chi connectivity index (χ0) is 12.4. The molecule has 1 aromatic heterocycles. The highest BCUT2D eigenvalue weighted by molar-refractivity contribution is 9.10. The van der Waals surface area contributed by atoms with E-state index in [1.165, 1.54) is 17.5 Å². The summed E-state index contributed by atoms with van der Waals surface area (Å²) in [5.41, 5.74) is 0.702. The predicted octanol–water partition coefficient (Wildman–Crippen LogP) is 2.24. The van der Waals surface area contributed by atoms with Gasteiger partial charge in [-0.1, -0.05) is 6.42 Å². The maximum absolute atomic E-state index is 11.7. The molecular weight excluding hydrogens is 302 g/mol. The zero-order valence-electron chi connectivity index (χ0n) is 9.94. The second-order valence-corrected chi connectivity index (χ2v) is 6.13. The Morgan fingerprint density at radius 3 is 3.06 bits per heavy atom. The van der Waals surface area contributed by atoms with E-state index in [0.717, 1.165) is 12.1 Å². The van der Waals surface area contributed by atoms with E-state index in [0.29, 0.717) is 15.8 Å². The van der Waals surface area contributed by atoms with E-state index in [9.17, 15) is 4.79 Å². The molecule has 1 aliphatic rings. The van der Waals surface area contributed by atoms with Gasteiger partial charge < -0.3 is 5.32 Å². The lowest BCUT2D eigenvalue weighted by Crippen LogP contribution is -2.28. The van der Waals surface area contributed by atoms with E-state index in [1.807, 2.05) is 11.8 Å². The van der Waals surface area contributed by atoms with Crippen molar-refractivity contribution in [3.63, 3.8) is 0 Å². The molecule has 0 aliphatic heterocycles. The number of halogens is 1. The summed E-state index contributed by atoms with van der Waals surface area (Å²) in [6.07, 6.45) is 7.50. The van der Waals surface area contributed by atoms with Crippen molar-refractivity contribution in [3.05, 3.63) is 21.0 Å². The summed E-state index contributed by atoms with van der Waals surface area (Å²) in [6, 6.07) is 0.440. The van der Waals surface area contributed by atoms with E-state index >= 15 is 0 Å². The molecule has 6 heteroatoms. The average Bonchev–Trinajstić information content (AvgIpc) is 2.77. The monoisotopic (exact) mass is 317 g/mol. The van der Waals surface area contributed by atoms with Gasteiger partial charge in [0, 0.05) is 18.3 Å². The molecule has 0 spiro atoms. The van der Waals surface area contributed by atoms with Crippen molar-refractivity contribution in [1.29, 1.82) is 0 Å². The van der Waals surface area contributed by atoms with Crippen molar-refractivity contribution in [1.82, 2.24) is 9.78 Å². The first-order valence-corrected chi connectivity index (χ1v) is 7.72. The maximum atomic E-state index is 11.7. The molecule has 0 aromatic carbocycles. The molecule has 1 fully saturated rings. The molecule has 2 unspecified atom stereocenters. The summed E-state index contributed by atoms with van der Waals surface area (Å²) in [4.78, 5) is 11.7. The number of nitrogens with one attached hydrogen (secondary N) is 1. The molecule has 0 radical (unpaired) electrons. The molecule has 4 nitrogen and oxygen atoms in total. The van der Waals surface area contributed by atoms with Crippen LogP contribution in [0.2, 0.25) is 0 Å².